The summed E-state index contributed by atoms with van der Waals surface area (Å²) in [4.78, 5) is 28.5. The van der Waals surface area contributed by atoms with Crippen LogP contribution < -0.4 is 5.32 Å². The zero-order valence-electron chi connectivity index (χ0n) is 14.7. The fraction of sp³-hybridized carbons (Fsp3) is 0.444. The molecule has 0 saturated heterocycles. The quantitative estimate of drug-likeness (QED) is 0.646. The molecule has 0 spiro atoms. The predicted molar refractivity (Wildman–Crippen MR) is 98.1 cm³/mol. The van der Waals surface area contributed by atoms with Gasteiger partial charge in [0.25, 0.3) is 0 Å². The van der Waals surface area contributed by atoms with Gasteiger partial charge in [-0.2, -0.15) is 0 Å². The van der Waals surface area contributed by atoms with Crippen molar-refractivity contribution >= 4 is 29.1 Å². The molecule has 3 rings (SSSR count). The zero-order chi connectivity index (χ0) is 18.0. The molecule has 0 aliphatic carbocycles. The van der Waals surface area contributed by atoms with Crippen molar-refractivity contribution < 1.29 is 9.59 Å². The minimum absolute atomic E-state index is 0.0329. The van der Waals surface area contributed by atoms with Crippen LogP contribution in [0.5, 0.6) is 0 Å². The maximum atomic E-state index is 12.5. The van der Waals surface area contributed by atoms with E-state index in [4.69, 9.17) is 0 Å². The number of nitrogens with one attached hydrogen (secondary N) is 2. The number of carbonyl (C=O) groups is 2. The first-order valence-electron chi connectivity index (χ1n) is 8.34. The number of fused-ring (bicyclic) bond motifs is 1. The number of anilines is 1. The number of thioether (sulfide) groups is 1. The van der Waals surface area contributed by atoms with Gasteiger partial charge >= 0.3 is 0 Å². The number of benzene rings is 1. The van der Waals surface area contributed by atoms with Crippen molar-refractivity contribution in [2.75, 3.05) is 11.1 Å². The lowest BCUT2D eigenvalue weighted by atomic mass is 9.96. The van der Waals surface area contributed by atoms with Crippen molar-refractivity contribution in [2.24, 2.45) is 0 Å². The van der Waals surface area contributed by atoms with Gasteiger partial charge in [-0.05, 0) is 36.6 Å². The van der Waals surface area contributed by atoms with Crippen molar-refractivity contribution in [1.82, 2.24) is 15.2 Å². The Labute approximate surface area is 151 Å². The second kappa shape index (κ2) is 7.00. The number of aryl methyl sites for hydroxylation is 1. The van der Waals surface area contributed by atoms with Gasteiger partial charge in [-0.15, -0.1) is 5.10 Å². The number of carbonyl (C=O) groups excluding carboxylic acids is 2. The van der Waals surface area contributed by atoms with E-state index in [0.717, 1.165) is 29.9 Å². The molecular formula is C18H22N4O2S. The van der Waals surface area contributed by atoms with E-state index < -0.39 is 0 Å². The van der Waals surface area contributed by atoms with E-state index in [-0.39, 0.29) is 22.9 Å². The molecule has 7 heteroatoms. The Bertz CT molecular complexity index is 808. The number of aromatic nitrogens is 3. The molecule has 2 aromatic rings. The molecule has 0 atom stereocenters. The summed E-state index contributed by atoms with van der Waals surface area (Å²) in [6, 6.07) is 5.48. The number of rotatable bonds is 4. The summed E-state index contributed by atoms with van der Waals surface area (Å²) in [5.74, 6) is 1.16. The van der Waals surface area contributed by atoms with Crippen molar-refractivity contribution in [1.29, 1.82) is 0 Å². The third kappa shape index (κ3) is 4.28. The number of amides is 1. The fourth-order valence-electron chi connectivity index (χ4n) is 2.61. The van der Waals surface area contributed by atoms with Gasteiger partial charge in [0.15, 0.2) is 5.78 Å². The molecule has 1 aliphatic rings. The number of nitrogens with zero attached hydrogens (tertiary/aromatic N) is 2. The van der Waals surface area contributed by atoms with Crippen LogP contribution in [0.25, 0.3) is 0 Å². The summed E-state index contributed by atoms with van der Waals surface area (Å²) in [7, 11) is 0. The molecule has 6 nitrogen and oxygen atoms in total. The Hall–Kier alpha value is -2.15. The lowest BCUT2D eigenvalue weighted by Crippen LogP contribution is -2.13. The molecule has 2 heterocycles. The summed E-state index contributed by atoms with van der Waals surface area (Å²) in [5.41, 5.74) is 2.40. The topological polar surface area (TPSA) is 87.7 Å². The summed E-state index contributed by atoms with van der Waals surface area (Å²) in [6.07, 6.45) is 2.13. The van der Waals surface area contributed by atoms with E-state index >= 15 is 0 Å². The molecule has 0 saturated carbocycles. The van der Waals surface area contributed by atoms with Gasteiger partial charge in [0.1, 0.15) is 5.82 Å². The molecule has 0 unspecified atom stereocenters. The SMILES string of the molecule is CC(C)(C)c1nc(SCC(=O)c2ccc3c(c2)CCCC(=O)N3)n[nH]1. The first-order chi connectivity index (χ1) is 11.8. The van der Waals surface area contributed by atoms with Crippen LogP contribution in [0.1, 0.15) is 55.4 Å². The Kier molecular flexibility index (Phi) is 4.94. The summed E-state index contributed by atoms with van der Waals surface area (Å²) < 4.78 is 0. The normalized spacial score (nSPS) is 14.6. The van der Waals surface area contributed by atoms with Gasteiger partial charge in [0.2, 0.25) is 11.1 Å². The molecular weight excluding hydrogens is 336 g/mol. The molecule has 0 fully saturated rings. The smallest absolute Gasteiger partial charge is 0.224 e. The van der Waals surface area contributed by atoms with E-state index in [1.807, 2.05) is 12.1 Å². The lowest BCUT2D eigenvalue weighted by molar-refractivity contribution is -0.116. The van der Waals surface area contributed by atoms with Gasteiger partial charge < -0.3 is 5.32 Å². The fourth-order valence-corrected chi connectivity index (χ4v) is 3.30. The number of hydrogen-bond donors (Lipinski definition) is 2. The second-order valence-electron chi connectivity index (χ2n) is 7.20. The highest BCUT2D eigenvalue weighted by Gasteiger charge is 2.20. The van der Waals surface area contributed by atoms with Crippen molar-refractivity contribution in [3.05, 3.63) is 35.2 Å². The van der Waals surface area contributed by atoms with Gasteiger partial charge in [0, 0.05) is 23.1 Å². The molecule has 0 bridgehead atoms. The average molecular weight is 358 g/mol. The second-order valence-corrected chi connectivity index (χ2v) is 8.14. The molecule has 25 heavy (non-hydrogen) atoms. The van der Waals surface area contributed by atoms with E-state index in [9.17, 15) is 9.59 Å². The number of hydrogen-bond acceptors (Lipinski definition) is 5. The Morgan fingerprint density at radius 3 is 2.80 bits per heavy atom. The zero-order valence-corrected chi connectivity index (χ0v) is 15.5. The lowest BCUT2D eigenvalue weighted by Gasteiger charge is -2.12. The van der Waals surface area contributed by atoms with Gasteiger partial charge in [-0.1, -0.05) is 32.5 Å². The van der Waals surface area contributed by atoms with Crippen LogP contribution in [-0.4, -0.2) is 32.6 Å². The van der Waals surface area contributed by atoms with Crippen LogP contribution in [0.3, 0.4) is 0 Å². The molecule has 1 aromatic carbocycles. The van der Waals surface area contributed by atoms with Crippen molar-refractivity contribution in [3.8, 4) is 0 Å². The Morgan fingerprint density at radius 2 is 2.08 bits per heavy atom. The first-order valence-corrected chi connectivity index (χ1v) is 9.33. The molecule has 0 radical (unpaired) electrons. The third-order valence-electron chi connectivity index (χ3n) is 4.06. The number of aromatic amines is 1. The minimum atomic E-state index is -0.0999. The Balaban J connectivity index is 1.66. The van der Waals surface area contributed by atoms with Gasteiger partial charge in [0.05, 0.1) is 5.75 Å². The third-order valence-corrected chi connectivity index (χ3v) is 4.91. The molecule has 2 N–H and O–H groups in total. The predicted octanol–water partition coefficient (Wildman–Crippen LogP) is 3.35. The minimum Gasteiger partial charge on any atom is -0.326 e. The highest BCUT2D eigenvalue weighted by Crippen LogP contribution is 2.25. The van der Waals surface area contributed by atoms with E-state index in [0.29, 0.717) is 17.1 Å². The van der Waals surface area contributed by atoms with Crippen molar-refractivity contribution in [2.45, 2.75) is 50.6 Å². The van der Waals surface area contributed by atoms with Gasteiger partial charge in [-0.25, -0.2) is 4.98 Å². The largest absolute Gasteiger partial charge is 0.326 e. The highest BCUT2D eigenvalue weighted by molar-refractivity contribution is 7.99. The van der Waals surface area contributed by atoms with Crippen LogP contribution in [0.4, 0.5) is 5.69 Å². The summed E-state index contributed by atoms with van der Waals surface area (Å²) in [5, 5.41) is 10.6. The standard InChI is InChI=1S/C18H22N4O2S/c1-18(2,3)16-20-17(22-21-16)25-10-14(23)12-7-8-13-11(9-12)5-4-6-15(24)19-13/h7-9H,4-6,10H2,1-3H3,(H,19,24)(H,20,21,22). The van der Waals surface area contributed by atoms with E-state index in [1.165, 1.54) is 11.8 Å². The molecule has 1 aliphatic heterocycles. The monoisotopic (exact) mass is 358 g/mol. The average Bonchev–Trinajstić information content (AvgIpc) is 2.95. The summed E-state index contributed by atoms with van der Waals surface area (Å²) >= 11 is 1.33. The maximum absolute atomic E-state index is 12.5. The number of Topliss-reactive ketones (excluding diaryl/α,β-unsaturated/α-hetero) is 1. The van der Waals surface area contributed by atoms with Crippen molar-refractivity contribution in [3.63, 3.8) is 0 Å². The number of H-pyrrole nitrogens is 1. The molecule has 1 aromatic heterocycles. The van der Waals surface area contributed by atoms with Crippen LogP contribution in [0.2, 0.25) is 0 Å². The van der Waals surface area contributed by atoms with E-state index in [2.05, 4.69) is 41.3 Å². The Morgan fingerprint density at radius 1 is 1.28 bits per heavy atom. The van der Waals surface area contributed by atoms with Crippen LogP contribution in [0, 0.1) is 0 Å². The number of ketones is 1. The summed E-state index contributed by atoms with van der Waals surface area (Å²) in [6.45, 7) is 6.17. The van der Waals surface area contributed by atoms with Crippen LogP contribution >= 0.6 is 11.8 Å². The molecule has 132 valence electrons. The molecule has 1 amide bonds. The van der Waals surface area contributed by atoms with Crippen LogP contribution in [-0.2, 0) is 16.6 Å². The van der Waals surface area contributed by atoms with Crippen LogP contribution in [0.15, 0.2) is 23.4 Å². The first kappa shape index (κ1) is 17.7. The van der Waals surface area contributed by atoms with Gasteiger partial charge in [-0.3, -0.25) is 14.7 Å². The highest BCUT2D eigenvalue weighted by atomic mass is 32.2. The maximum Gasteiger partial charge on any atom is 0.224 e. The van der Waals surface area contributed by atoms with E-state index in [1.54, 1.807) is 6.07 Å².